The van der Waals surface area contributed by atoms with Crippen LogP contribution in [-0.2, 0) is 23.8 Å². The summed E-state index contributed by atoms with van der Waals surface area (Å²) in [6, 6.07) is 0.157. The zero-order valence-corrected chi connectivity index (χ0v) is 13.6. The van der Waals surface area contributed by atoms with E-state index in [1.807, 2.05) is 11.7 Å². The van der Waals surface area contributed by atoms with E-state index in [4.69, 9.17) is 5.11 Å². The fraction of sp³-hybridized carbons (Fsp3) is 0.750. The molecule has 1 aliphatic rings. The summed E-state index contributed by atoms with van der Waals surface area (Å²) in [4.78, 5) is 13.4. The van der Waals surface area contributed by atoms with E-state index >= 15 is 0 Å². The number of likely N-dealkylation sites (tertiary alicyclic amines) is 1. The highest BCUT2D eigenvalue weighted by Gasteiger charge is 2.28. The maximum absolute atomic E-state index is 11.1. The molecule has 1 aromatic heterocycles. The highest BCUT2D eigenvalue weighted by molar-refractivity contribution is 5.67. The van der Waals surface area contributed by atoms with Crippen LogP contribution in [0.5, 0.6) is 0 Å². The molecule has 0 spiro atoms. The Morgan fingerprint density at radius 2 is 2.14 bits per heavy atom. The van der Waals surface area contributed by atoms with Crippen molar-refractivity contribution in [3.63, 3.8) is 0 Å². The summed E-state index contributed by atoms with van der Waals surface area (Å²) >= 11 is 0. The number of carboxylic acids is 1. The van der Waals surface area contributed by atoms with Gasteiger partial charge in [0, 0.05) is 36.8 Å². The summed E-state index contributed by atoms with van der Waals surface area (Å²) in [7, 11) is 1.95. The van der Waals surface area contributed by atoms with Gasteiger partial charge in [-0.25, -0.2) is 0 Å². The summed E-state index contributed by atoms with van der Waals surface area (Å²) < 4.78 is 1.87. The summed E-state index contributed by atoms with van der Waals surface area (Å²) in [5.74, 6) is -0.700. The third-order valence-electron chi connectivity index (χ3n) is 4.15. The van der Waals surface area contributed by atoms with Crippen LogP contribution in [0.25, 0.3) is 0 Å². The molecule has 1 aliphatic heterocycles. The second-order valence-electron chi connectivity index (χ2n) is 7.14. The molecule has 1 N–H and O–H groups in total. The van der Waals surface area contributed by atoms with E-state index in [1.54, 1.807) is 0 Å². The van der Waals surface area contributed by atoms with E-state index < -0.39 is 5.97 Å². The Balaban J connectivity index is 2.17. The number of hydrogen-bond acceptors (Lipinski definition) is 3. The van der Waals surface area contributed by atoms with Gasteiger partial charge in [-0.1, -0.05) is 27.2 Å². The fourth-order valence-corrected chi connectivity index (χ4v) is 3.20. The van der Waals surface area contributed by atoms with Gasteiger partial charge in [0.05, 0.1) is 12.1 Å². The van der Waals surface area contributed by atoms with Crippen LogP contribution < -0.4 is 0 Å². The number of aryl methyl sites for hydroxylation is 1. The van der Waals surface area contributed by atoms with Gasteiger partial charge < -0.3 is 5.11 Å². The number of carboxylic acid groups (broad SMARTS) is 1. The van der Waals surface area contributed by atoms with Crippen molar-refractivity contribution in [1.82, 2.24) is 14.7 Å². The number of piperidine rings is 1. The van der Waals surface area contributed by atoms with Gasteiger partial charge in [-0.05, 0) is 19.4 Å². The molecule has 1 aromatic rings. The van der Waals surface area contributed by atoms with Crippen molar-refractivity contribution in [3.05, 3.63) is 17.5 Å². The van der Waals surface area contributed by atoms with Gasteiger partial charge in [-0.3, -0.25) is 14.4 Å². The minimum Gasteiger partial charge on any atom is -0.481 e. The van der Waals surface area contributed by atoms with E-state index in [9.17, 15) is 4.79 Å². The molecule has 2 rings (SSSR count). The number of hydrogen-bond donors (Lipinski definition) is 1. The minimum absolute atomic E-state index is 0.00861. The molecule has 0 aliphatic carbocycles. The summed E-state index contributed by atoms with van der Waals surface area (Å²) in [5, 5.41) is 13.7. The van der Waals surface area contributed by atoms with Crippen LogP contribution in [-0.4, -0.2) is 38.3 Å². The van der Waals surface area contributed by atoms with Crippen molar-refractivity contribution < 1.29 is 9.90 Å². The maximum atomic E-state index is 11.1. The Labute approximate surface area is 126 Å². The van der Waals surface area contributed by atoms with Gasteiger partial charge in [0.15, 0.2) is 0 Å². The third kappa shape index (κ3) is 4.06. The maximum Gasteiger partial charge on any atom is 0.304 e. The summed E-state index contributed by atoms with van der Waals surface area (Å²) in [6.07, 6.45) is 5.59. The first-order valence-electron chi connectivity index (χ1n) is 7.76. The number of rotatable bonds is 4. The lowest BCUT2D eigenvalue weighted by Crippen LogP contribution is -2.40. The van der Waals surface area contributed by atoms with Gasteiger partial charge in [0.2, 0.25) is 0 Å². The Morgan fingerprint density at radius 3 is 2.76 bits per heavy atom. The third-order valence-corrected chi connectivity index (χ3v) is 4.15. The first-order valence-corrected chi connectivity index (χ1v) is 7.76. The molecule has 0 aromatic carbocycles. The monoisotopic (exact) mass is 293 g/mol. The molecule has 5 nitrogen and oxygen atoms in total. The highest BCUT2D eigenvalue weighted by Crippen LogP contribution is 2.28. The van der Waals surface area contributed by atoms with Crippen molar-refractivity contribution >= 4 is 5.97 Å². The lowest BCUT2D eigenvalue weighted by atomic mass is 9.89. The van der Waals surface area contributed by atoms with E-state index in [0.717, 1.165) is 38.0 Å². The van der Waals surface area contributed by atoms with E-state index in [-0.39, 0.29) is 17.9 Å². The van der Waals surface area contributed by atoms with Crippen molar-refractivity contribution in [2.45, 2.75) is 64.5 Å². The van der Waals surface area contributed by atoms with Crippen molar-refractivity contribution in [2.24, 2.45) is 7.05 Å². The Hall–Kier alpha value is -1.36. The smallest absolute Gasteiger partial charge is 0.304 e. The second kappa shape index (κ2) is 6.18. The molecule has 1 saturated heterocycles. The molecule has 0 saturated carbocycles. The van der Waals surface area contributed by atoms with Crippen LogP contribution in [0.4, 0.5) is 0 Å². The fourth-order valence-electron chi connectivity index (χ4n) is 3.20. The number of aromatic nitrogens is 2. The van der Waals surface area contributed by atoms with Crippen molar-refractivity contribution in [3.8, 4) is 0 Å². The first-order chi connectivity index (χ1) is 9.77. The lowest BCUT2D eigenvalue weighted by molar-refractivity contribution is -0.138. The molecular weight excluding hydrogens is 266 g/mol. The number of aliphatic carboxylic acids is 1. The standard InChI is InChI=1S/C16H27N3O2/c1-16(2,3)15-12(10-18(4)17-15)11-19-8-6-5-7-13(19)9-14(20)21/h10,13H,5-9,11H2,1-4H3,(H,20,21). The van der Waals surface area contributed by atoms with Gasteiger partial charge in [0.1, 0.15) is 0 Å². The zero-order chi connectivity index (χ0) is 15.6. The molecule has 118 valence electrons. The molecule has 1 atom stereocenters. The van der Waals surface area contributed by atoms with Gasteiger partial charge in [0.25, 0.3) is 0 Å². The topological polar surface area (TPSA) is 58.4 Å². The first kappa shape index (κ1) is 16.0. The molecule has 21 heavy (non-hydrogen) atoms. The summed E-state index contributed by atoms with van der Waals surface area (Å²) in [5.41, 5.74) is 2.35. The average Bonchev–Trinajstić information content (AvgIpc) is 2.72. The van der Waals surface area contributed by atoms with Crippen molar-refractivity contribution in [1.29, 1.82) is 0 Å². The average molecular weight is 293 g/mol. The molecule has 0 amide bonds. The predicted molar refractivity (Wildman–Crippen MR) is 82.2 cm³/mol. The molecule has 0 bridgehead atoms. The molecule has 0 radical (unpaired) electrons. The Morgan fingerprint density at radius 1 is 1.43 bits per heavy atom. The Bertz CT molecular complexity index is 502. The number of nitrogens with zero attached hydrogens (tertiary/aromatic N) is 3. The van der Waals surface area contributed by atoms with E-state index in [2.05, 4.69) is 37.0 Å². The van der Waals surface area contributed by atoms with Crippen LogP contribution in [0, 0.1) is 0 Å². The van der Waals surface area contributed by atoms with Crippen molar-refractivity contribution in [2.75, 3.05) is 6.54 Å². The van der Waals surface area contributed by atoms with Crippen LogP contribution in [0.1, 0.15) is 57.7 Å². The van der Waals surface area contributed by atoms with Crippen LogP contribution in [0.2, 0.25) is 0 Å². The SMILES string of the molecule is Cn1cc(CN2CCCCC2CC(=O)O)c(C(C)(C)C)n1. The largest absolute Gasteiger partial charge is 0.481 e. The molecule has 1 unspecified atom stereocenters. The van der Waals surface area contributed by atoms with Crippen LogP contribution in [0.15, 0.2) is 6.20 Å². The predicted octanol–water partition coefficient (Wildman–Crippen LogP) is 2.55. The molecular formula is C16H27N3O2. The van der Waals surface area contributed by atoms with Gasteiger partial charge >= 0.3 is 5.97 Å². The summed E-state index contributed by atoms with van der Waals surface area (Å²) in [6.45, 7) is 8.30. The Kier molecular flexibility index (Phi) is 4.71. The van der Waals surface area contributed by atoms with E-state index in [0.29, 0.717) is 0 Å². The molecule has 5 heteroatoms. The number of carbonyl (C=O) groups is 1. The molecule has 1 fully saturated rings. The van der Waals surface area contributed by atoms with Crippen LogP contribution in [0.3, 0.4) is 0 Å². The quantitative estimate of drug-likeness (QED) is 0.927. The second-order valence-corrected chi connectivity index (χ2v) is 7.14. The molecule has 2 heterocycles. The highest BCUT2D eigenvalue weighted by atomic mass is 16.4. The van der Waals surface area contributed by atoms with E-state index in [1.165, 1.54) is 5.56 Å². The minimum atomic E-state index is -0.700. The normalized spacial score (nSPS) is 20.7. The van der Waals surface area contributed by atoms with Gasteiger partial charge in [-0.15, -0.1) is 0 Å². The lowest BCUT2D eigenvalue weighted by Gasteiger charge is -2.35. The van der Waals surface area contributed by atoms with Crippen LogP contribution >= 0.6 is 0 Å². The zero-order valence-electron chi connectivity index (χ0n) is 13.6. The van der Waals surface area contributed by atoms with Gasteiger partial charge in [-0.2, -0.15) is 5.10 Å².